The van der Waals surface area contributed by atoms with Crippen molar-refractivity contribution in [3.05, 3.63) is 48.7 Å². The Hall–Kier alpha value is -2.67. The first-order valence-electron chi connectivity index (χ1n) is 7.75. The fourth-order valence-electron chi connectivity index (χ4n) is 2.95. The van der Waals surface area contributed by atoms with Crippen LogP contribution in [0, 0.1) is 0 Å². The SMILES string of the molecule is Nc1ccc2ncc(CN3CCN(c4ncccn4)CC3)n2c1. The third-order valence-corrected chi connectivity index (χ3v) is 4.20. The van der Waals surface area contributed by atoms with E-state index in [9.17, 15) is 0 Å². The Balaban J connectivity index is 1.44. The first-order chi connectivity index (χ1) is 11.3. The van der Waals surface area contributed by atoms with Crippen LogP contribution >= 0.6 is 0 Å². The maximum absolute atomic E-state index is 5.88. The standard InChI is InChI=1S/C16H19N7/c17-13-2-3-15-20-10-14(23(15)11-13)12-21-6-8-22(9-7-21)16-18-4-1-5-19-16/h1-5,10-11H,6-9,12,17H2. The average molecular weight is 309 g/mol. The zero-order valence-corrected chi connectivity index (χ0v) is 12.8. The molecular formula is C16H19N7. The maximum atomic E-state index is 5.88. The molecule has 1 fully saturated rings. The molecule has 4 heterocycles. The molecule has 2 N–H and O–H groups in total. The lowest BCUT2D eigenvalue weighted by atomic mass is 10.3. The van der Waals surface area contributed by atoms with Gasteiger partial charge in [0.25, 0.3) is 0 Å². The first-order valence-corrected chi connectivity index (χ1v) is 7.75. The van der Waals surface area contributed by atoms with E-state index >= 15 is 0 Å². The Labute approximate surface area is 134 Å². The number of aromatic nitrogens is 4. The van der Waals surface area contributed by atoms with E-state index in [1.165, 1.54) is 0 Å². The van der Waals surface area contributed by atoms with Crippen LogP contribution in [-0.2, 0) is 6.54 Å². The highest BCUT2D eigenvalue weighted by Gasteiger charge is 2.19. The summed E-state index contributed by atoms with van der Waals surface area (Å²) in [4.78, 5) is 17.7. The van der Waals surface area contributed by atoms with Gasteiger partial charge in [-0.05, 0) is 18.2 Å². The molecule has 4 rings (SSSR count). The van der Waals surface area contributed by atoms with Crippen molar-refractivity contribution in [2.24, 2.45) is 0 Å². The highest BCUT2D eigenvalue weighted by atomic mass is 15.3. The number of nitrogen functional groups attached to an aromatic ring is 1. The lowest BCUT2D eigenvalue weighted by Crippen LogP contribution is -2.46. The molecule has 7 heteroatoms. The molecule has 1 aliphatic heterocycles. The Bertz CT molecular complexity index is 791. The van der Waals surface area contributed by atoms with Gasteiger partial charge in [0.2, 0.25) is 5.95 Å². The number of nitrogens with zero attached hydrogens (tertiary/aromatic N) is 6. The number of rotatable bonds is 3. The molecule has 0 atom stereocenters. The number of anilines is 2. The van der Waals surface area contributed by atoms with Gasteiger partial charge in [-0.2, -0.15) is 0 Å². The second-order valence-electron chi connectivity index (χ2n) is 5.75. The summed E-state index contributed by atoms with van der Waals surface area (Å²) >= 11 is 0. The van der Waals surface area contributed by atoms with E-state index in [1.807, 2.05) is 30.6 Å². The molecule has 0 radical (unpaired) electrons. The van der Waals surface area contributed by atoms with Crippen molar-refractivity contribution in [3.63, 3.8) is 0 Å². The topological polar surface area (TPSA) is 75.6 Å². The molecular weight excluding hydrogens is 290 g/mol. The normalized spacial score (nSPS) is 16.1. The summed E-state index contributed by atoms with van der Waals surface area (Å²) in [5, 5.41) is 0. The Morgan fingerprint density at radius 2 is 1.78 bits per heavy atom. The minimum absolute atomic E-state index is 0.753. The molecule has 0 saturated carbocycles. The number of imidazole rings is 1. The maximum Gasteiger partial charge on any atom is 0.225 e. The Morgan fingerprint density at radius 3 is 2.57 bits per heavy atom. The first kappa shape index (κ1) is 14.0. The van der Waals surface area contributed by atoms with Crippen LogP contribution in [0.2, 0.25) is 0 Å². The van der Waals surface area contributed by atoms with E-state index in [-0.39, 0.29) is 0 Å². The fourth-order valence-corrected chi connectivity index (χ4v) is 2.95. The smallest absolute Gasteiger partial charge is 0.225 e. The van der Waals surface area contributed by atoms with Gasteiger partial charge in [-0.15, -0.1) is 0 Å². The molecule has 0 aliphatic carbocycles. The van der Waals surface area contributed by atoms with Crippen molar-refractivity contribution in [3.8, 4) is 0 Å². The Kier molecular flexibility index (Phi) is 3.55. The van der Waals surface area contributed by atoms with E-state index in [1.54, 1.807) is 12.4 Å². The summed E-state index contributed by atoms with van der Waals surface area (Å²) in [7, 11) is 0. The van der Waals surface area contributed by atoms with Crippen molar-refractivity contribution < 1.29 is 0 Å². The molecule has 1 saturated heterocycles. The summed E-state index contributed by atoms with van der Waals surface area (Å²) in [5.41, 5.74) is 8.74. The van der Waals surface area contributed by atoms with Crippen LogP contribution in [-0.4, -0.2) is 50.4 Å². The molecule has 3 aromatic rings. The van der Waals surface area contributed by atoms with E-state index in [0.717, 1.165) is 55.7 Å². The van der Waals surface area contributed by atoms with Gasteiger partial charge in [-0.25, -0.2) is 15.0 Å². The molecule has 7 nitrogen and oxygen atoms in total. The van der Waals surface area contributed by atoms with E-state index in [4.69, 9.17) is 5.73 Å². The number of piperazine rings is 1. The summed E-state index contributed by atoms with van der Waals surface area (Å²) < 4.78 is 2.07. The molecule has 0 amide bonds. The third kappa shape index (κ3) is 2.83. The lowest BCUT2D eigenvalue weighted by Gasteiger charge is -2.34. The van der Waals surface area contributed by atoms with Crippen LogP contribution in [0.5, 0.6) is 0 Å². The van der Waals surface area contributed by atoms with Gasteiger partial charge >= 0.3 is 0 Å². The van der Waals surface area contributed by atoms with Crippen molar-refractivity contribution in [1.82, 2.24) is 24.3 Å². The van der Waals surface area contributed by atoms with Crippen molar-refractivity contribution >= 4 is 17.3 Å². The zero-order valence-electron chi connectivity index (χ0n) is 12.8. The molecule has 1 aliphatic rings. The number of hydrogen-bond donors (Lipinski definition) is 1. The van der Waals surface area contributed by atoms with Crippen molar-refractivity contribution in [1.29, 1.82) is 0 Å². The van der Waals surface area contributed by atoms with Crippen LogP contribution in [0.4, 0.5) is 11.6 Å². The van der Waals surface area contributed by atoms with Crippen LogP contribution in [0.1, 0.15) is 5.69 Å². The highest BCUT2D eigenvalue weighted by Crippen LogP contribution is 2.15. The minimum Gasteiger partial charge on any atom is -0.398 e. The number of hydrogen-bond acceptors (Lipinski definition) is 6. The quantitative estimate of drug-likeness (QED) is 0.779. The van der Waals surface area contributed by atoms with Crippen LogP contribution in [0.25, 0.3) is 5.65 Å². The number of nitrogens with two attached hydrogens (primary N) is 1. The highest BCUT2D eigenvalue weighted by molar-refractivity contribution is 5.48. The molecule has 0 bridgehead atoms. The summed E-state index contributed by atoms with van der Waals surface area (Å²) in [6.07, 6.45) is 7.45. The second-order valence-corrected chi connectivity index (χ2v) is 5.75. The Morgan fingerprint density at radius 1 is 1.00 bits per heavy atom. The molecule has 0 spiro atoms. The average Bonchev–Trinajstić information content (AvgIpc) is 2.98. The molecule has 23 heavy (non-hydrogen) atoms. The minimum atomic E-state index is 0.753. The predicted molar refractivity (Wildman–Crippen MR) is 89.1 cm³/mol. The van der Waals surface area contributed by atoms with Crippen LogP contribution in [0.15, 0.2) is 43.0 Å². The monoisotopic (exact) mass is 309 g/mol. The van der Waals surface area contributed by atoms with E-state index in [0.29, 0.717) is 0 Å². The lowest BCUT2D eigenvalue weighted by molar-refractivity contribution is 0.245. The van der Waals surface area contributed by atoms with Gasteiger partial charge in [0.15, 0.2) is 0 Å². The predicted octanol–water partition coefficient (Wildman–Crippen LogP) is 1.03. The zero-order chi connectivity index (χ0) is 15.6. The van der Waals surface area contributed by atoms with E-state index < -0.39 is 0 Å². The number of pyridine rings is 1. The van der Waals surface area contributed by atoms with Gasteiger partial charge in [0.05, 0.1) is 11.9 Å². The summed E-state index contributed by atoms with van der Waals surface area (Å²) in [5.74, 6) is 0.815. The van der Waals surface area contributed by atoms with Gasteiger partial charge < -0.3 is 15.0 Å². The fraction of sp³-hybridized carbons (Fsp3) is 0.312. The molecule has 0 unspecified atom stereocenters. The third-order valence-electron chi connectivity index (χ3n) is 4.20. The number of fused-ring (bicyclic) bond motifs is 1. The van der Waals surface area contributed by atoms with Crippen LogP contribution < -0.4 is 10.6 Å². The molecule has 3 aromatic heterocycles. The van der Waals surface area contributed by atoms with E-state index in [2.05, 4.69) is 29.2 Å². The van der Waals surface area contributed by atoms with Gasteiger partial charge in [-0.3, -0.25) is 4.90 Å². The largest absolute Gasteiger partial charge is 0.398 e. The van der Waals surface area contributed by atoms with Gasteiger partial charge in [-0.1, -0.05) is 0 Å². The van der Waals surface area contributed by atoms with Crippen molar-refractivity contribution in [2.45, 2.75) is 6.54 Å². The molecule has 0 aromatic carbocycles. The van der Waals surface area contributed by atoms with Crippen LogP contribution in [0.3, 0.4) is 0 Å². The summed E-state index contributed by atoms with van der Waals surface area (Å²) in [6, 6.07) is 5.67. The van der Waals surface area contributed by atoms with Crippen molar-refractivity contribution in [2.75, 3.05) is 36.8 Å². The van der Waals surface area contributed by atoms with Gasteiger partial charge in [0.1, 0.15) is 5.65 Å². The van der Waals surface area contributed by atoms with Gasteiger partial charge in [0, 0.05) is 57.0 Å². The summed E-state index contributed by atoms with van der Waals surface area (Å²) in [6.45, 7) is 4.70. The molecule has 118 valence electrons. The second kappa shape index (κ2) is 5.85.